The molecule has 104 valence electrons. The summed E-state index contributed by atoms with van der Waals surface area (Å²) in [4.78, 5) is 0. The lowest BCUT2D eigenvalue weighted by atomic mass is 10.1. The molecule has 1 heterocycles. The fourth-order valence-electron chi connectivity index (χ4n) is 2.32. The number of ether oxygens (including phenoxy) is 2. The van der Waals surface area contributed by atoms with Crippen LogP contribution in [0.1, 0.15) is 22.3 Å². The van der Waals surface area contributed by atoms with Gasteiger partial charge < -0.3 is 14.8 Å². The summed E-state index contributed by atoms with van der Waals surface area (Å²) in [6, 6.07) is 12.7. The van der Waals surface area contributed by atoms with Gasteiger partial charge in [0.15, 0.2) is 11.5 Å². The largest absolute Gasteiger partial charge is 0.454 e. The van der Waals surface area contributed by atoms with Crippen LogP contribution in [-0.4, -0.2) is 6.79 Å². The molecule has 2 aromatic rings. The summed E-state index contributed by atoms with van der Waals surface area (Å²) < 4.78 is 10.7. The van der Waals surface area contributed by atoms with E-state index in [1.165, 1.54) is 22.3 Å². The molecule has 1 N–H and O–H groups in total. The van der Waals surface area contributed by atoms with Crippen LogP contribution in [0.2, 0.25) is 0 Å². The van der Waals surface area contributed by atoms with Crippen LogP contribution in [0.4, 0.5) is 0 Å². The summed E-state index contributed by atoms with van der Waals surface area (Å²) in [5.41, 5.74) is 5.20. The van der Waals surface area contributed by atoms with Gasteiger partial charge in [-0.3, -0.25) is 0 Å². The van der Waals surface area contributed by atoms with Crippen LogP contribution in [-0.2, 0) is 13.1 Å². The van der Waals surface area contributed by atoms with Gasteiger partial charge in [-0.15, -0.1) is 0 Å². The highest BCUT2D eigenvalue weighted by atomic mass is 16.7. The predicted octanol–water partition coefficient (Wildman–Crippen LogP) is 3.32. The van der Waals surface area contributed by atoms with Crippen molar-refractivity contribution in [1.82, 2.24) is 5.32 Å². The van der Waals surface area contributed by atoms with E-state index in [-0.39, 0.29) is 0 Å². The van der Waals surface area contributed by atoms with E-state index in [9.17, 15) is 0 Å². The number of nitrogens with one attached hydrogen (secondary N) is 1. The Labute approximate surface area is 119 Å². The normalized spacial score (nSPS) is 12.7. The molecule has 1 aliphatic heterocycles. The van der Waals surface area contributed by atoms with Crippen LogP contribution in [0.25, 0.3) is 0 Å². The Kier molecular flexibility index (Phi) is 3.61. The number of hydrogen-bond acceptors (Lipinski definition) is 3. The first-order valence-electron chi connectivity index (χ1n) is 6.88. The highest BCUT2D eigenvalue weighted by Crippen LogP contribution is 2.32. The standard InChI is InChI=1S/C17H19NO2/c1-12-3-4-14(7-13(12)2)9-18-10-15-5-6-16-17(8-15)20-11-19-16/h3-8,18H,9-11H2,1-2H3. The van der Waals surface area contributed by atoms with Crippen LogP contribution in [0, 0.1) is 13.8 Å². The number of rotatable bonds is 4. The predicted molar refractivity (Wildman–Crippen MR) is 79.0 cm³/mol. The molecule has 3 nitrogen and oxygen atoms in total. The van der Waals surface area contributed by atoms with Crippen molar-refractivity contribution < 1.29 is 9.47 Å². The molecule has 3 rings (SSSR count). The van der Waals surface area contributed by atoms with Crippen LogP contribution >= 0.6 is 0 Å². The van der Waals surface area contributed by atoms with E-state index in [1.807, 2.05) is 12.1 Å². The Morgan fingerprint density at radius 3 is 2.35 bits per heavy atom. The maximum Gasteiger partial charge on any atom is 0.231 e. The number of aryl methyl sites for hydroxylation is 2. The third-order valence-electron chi connectivity index (χ3n) is 3.67. The molecule has 0 bridgehead atoms. The average Bonchev–Trinajstić information content (AvgIpc) is 2.90. The van der Waals surface area contributed by atoms with Crippen LogP contribution < -0.4 is 14.8 Å². The Hall–Kier alpha value is -2.00. The van der Waals surface area contributed by atoms with Crippen LogP contribution in [0.5, 0.6) is 11.5 Å². The molecule has 2 aromatic carbocycles. The maximum atomic E-state index is 5.38. The lowest BCUT2D eigenvalue weighted by Crippen LogP contribution is -2.12. The third-order valence-corrected chi connectivity index (χ3v) is 3.67. The second-order valence-electron chi connectivity index (χ2n) is 5.21. The van der Waals surface area contributed by atoms with E-state index < -0.39 is 0 Å². The van der Waals surface area contributed by atoms with Crippen molar-refractivity contribution >= 4 is 0 Å². The minimum atomic E-state index is 0.328. The summed E-state index contributed by atoms with van der Waals surface area (Å²) >= 11 is 0. The van der Waals surface area contributed by atoms with Crippen molar-refractivity contribution in [2.45, 2.75) is 26.9 Å². The molecule has 0 aliphatic carbocycles. The highest BCUT2D eigenvalue weighted by molar-refractivity contribution is 5.44. The number of fused-ring (bicyclic) bond motifs is 1. The molecule has 0 saturated carbocycles. The smallest absolute Gasteiger partial charge is 0.231 e. The molecule has 20 heavy (non-hydrogen) atoms. The monoisotopic (exact) mass is 269 g/mol. The molecule has 0 aromatic heterocycles. The quantitative estimate of drug-likeness (QED) is 0.923. The van der Waals surface area contributed by atoms with Gasteiger partial charge in [-0.2, -0.15) is 0 Å². The first kappa shape index (κ1) is 13.0. The fourth-order valence-corrected chi connectivity index (χ4v) is 2.32. The van der Waals surface area contributed by atoms with Crippen LogP contribution in [0.15, 0.2) is 36.4 Å². The molecule has 0 fully saturated rings. The van der Waals surface area contributed by atoms with E-state index >= 15 is 0 Å². The zero-order valence-electron chi connectivity index (χ0n) is 11.9. The lowest BCUT2D eigenvalue weighted by Gasteiger charge is -2.08. The Bertz CT molecular complexity index is 622. The Balaban J connectivity index is 1.58. The van der Waals surface area contributed by atoms with Crippen molar-refractivity contribution in [2.75, 3.05) is 6.79 Å². The molecule has 0 atom stereocenters. The average molecular weight is 269 g/mol. The molecular weight excluding hydrogens is 250 g/mol. The molecule has 3 heteroatoms. The fraction of sp³-hybridized carbons (Fsp3) is 0.294. The summed E-state index contributed by atoms with van der Waals surface area (Å²) in [5, 5.41) is 3.46. The van der Waals surface area contributed by atoms with E-state index in [1.54, 1.807) is 0 Å². The zero-order valence-corrected chi connectivity index (χ0v) is 11.9. The number of benzene rings is 2. The zero-order chi connectivity index (χ0) is 13.9. The van der Waals surface area contributed by atoms with Gasteiger partial charge in [0.25, 0.3) is 0 Å². The van der Waals surface area contributed by atoms with Gasteiger partial charge in [0.2, 0.25) is 6.79 Å². The van der Waals surface area contributed by atoms with Gasteiger partial charge in [0, 0.05) is 13.1 Å². The second-order valence-corrected chi connectivity index (χ2v) is 5.21. The van der Waals surface area contributed by atoms with Gasteiger partial charge in [0.1, 0.15) is 0 Å². The summed E-state index contributed by atoms with van der Waals surface area (Å²) in [6.07, 6.45) is 0. The molecule has 0 radical (unpaired) electrons. The maximum absolute atomic E-state index is 5.38. The minimum absolute atomic E-state index is 0.328. The molecule has 1 aliphatic rings. The number of hydrogen-bond donors (Lipinski definition) is 1. The van der Waals surface area contributed by atoms with Gasteiger partial charge >= 0.3 is 0 Å². The topological polar surface area (TPSA) is 30.5 Å². The van der Waals surface area contributed by atoms with Gasteiger partial charge in [-0.1, -0.05) is 24.3 Å². The lowest BCUT2D eigenvalue weighted by molar-refractivity contribution is 0.174. The Morgan fingerprint density at radius 1 is 0.850 bits per heavy atom. The van der Waals surface area contributed by atoms with E-state index in [0.29, 0.717) is 6.79 Å². The van der Waals surface area contributed by atoms with Gasteiger partial charge in [-0.05, 0) is 48.2 Å². The molecular formula is C17H19NO2. The van der Waals surface area contributed by atoms with Gasteiger partial charge in [-0.25, -0.2) is 0 Å². The van der Waals surface area contributed by atoms with Crippen molar-refractivity contribution in [3.63, 3.8) is 0 Å². The summed E-state index contributed by atoms with van der Waals surface area (Å²) in [6.45, 7) is 6.31. The van der Waals surface area contributed by atoms with Crippen molar-refractivity contribution in [1.29, 1.82) is 0 Å². The van der Waals surface area contributed by atoms with Crippen molar-refractivity contribution in [3.05, 3.63) is 58.7 Å². The first-order valence-corrected chi connectivity index (χ1v) is 6.88. The SMILES string of the molecule is Cc1ccc(CNCc2ccc3c(c2)OCO3)cc1C. The van der Waals surface area contributed by atoms with E-state index in [0.717, 1.165) is 24.6 Å². The van der Waals surface area contributed by atoms with E-state index in [4.69, 9.17) is 9.47 Å². The molecule has 0 spiro atoms. The van der Waals surface area contributed by atoms with E-state index in [2.05, 4.69) is 43.4 Å². The van der Waals surface area contributed by atoms with Crippen molar-refractivity contribution in [2.24, 2.45) is 0 Å². The molecule has 0 amide bonds. The second kappa shape index (κ2) is 5.55. The summed E-state index contributed by atoms with van der Waals surface area (Å²) in [5.74, 6) is 1.68. The van der Waals surface area contributed by atoms with Crippen molar-refractivity contribution in [3.8, 4) is 11.5 Å². The Morgan fingerprint density at radius 2 is 1.55 bits per heavy atom. The molecule has 0 saturated heterocycles. The van der Waals surface area contributed by atoms with Gasteiger partial charge in [0.05, 0.1) is 0 Å². The minimum Gasteiger partial charge on any atom is -0.454 e. The third kappa shape index (κ3) is 2.78. The highest BCUT2D eigenvalue weighted by Gasteiger charge is 2.12. The van der Waals surface area contributed by atoms with Crippen LogP contribution in [0.3, 0.4) is 0 Å². The molecule has 0 unspecified atom stereocenters. The summed E-state index contributed by atoms with van der Waals surface area (Å²) in [7, 11) is 0. The first-order chi connectivity index (χ1) is 9.72.